The molecule has 4 rings (SSSR count). The van der Waals surface area contributed by atoms with Crippen molar-refractivity contribution in [1.29, 1.82) is 0 Å². The Labute approximate surface area is 162 Å². The van der Waals surface area contributed by atoms with Crippen molar-refractivity contribution in [2.45, 2.75) is 13.8 Å². The van der Waals surface area contributed by atoms with Crippen molar-refractivity contribution in [2.24, 2.45) is 5.10 Å². The molecule has 0 saturated heterocycles. The van der Waals surface area contributed by atoms with Crippen LogP contribution in [-0.2, 0) is 0 Å². The van der Waals surface area contributed by atoms with Crippen LogP contribution in [-0.4, -0.2) is 16.7 Å². The zero-order valence-corrected chi connectivity index (χ0v) is 15.6. The Bertz CT molecular complexity index is 1060. The Kier molecular flexibility index (Phi) is 4.74. The number of nitrogens with zero attached hydrogens (tertiary/aromatic N) is 2. The van der Waals surface area contributed by atoms with Gasteiger partial charge in [0, 0.05) is 29.2 Å². The maximum absolute atomic E-state index is 12.5. The summed E-state index contributed by atoms with van der Waals surface area (Å²) in [4.78, 5) is 16.5. The standard InChI is InChI=1S/C21H20N6O/c1-13-3-4-16(20-24-26-27-25-20)11-19(13)15-5-7-17(8-6-15)23-21(28)18-9-10-22-12-14(18)2/h3-12,26-27H,1-2H3,(H,23,28)(H,24,25). The summed E-state index contributed by atoms with van der Waals surface area (Å²) in [5.41, 5.74) is 14.9. The van der Waals surface area contributed by atoms with Gasteiger partial charge >= 0.3 is 0 Å². The molecule has 28 heavy (non-hydrogen) atoms. The predicted molar refractivity (Wildman–Crippen MR) is 109 cm³/mol. The molecule has 1 aliphatic rings. The summed E-state index contributed by atoms with van der Waals surface area (Å²) >= 11 is 0. The van der Waals surface area contributed by atoms with E-state index >= 15 is 0 Å². The fourth-order valence-electron chi connectivity index (χ4n) is 3.08. The van der Waals surface area contributed by atoms with Crippen LogP contribution in [0.5, 0.6) is 0 Å². The van der Waals surface area contributed by atoms with Gasteiger partial charge < -0.3 is 5.32 Å². The molecule has 1 amide bonds. The Balaban J connectivity index is 1.56. The maximum atomic E-state index is 12.5. The topological polar surface area (TPSA) is 90.4 Å². The Morgan fingerprint density at radius 3 is 2.46 bits per heavy atom. The van der Waals surface area contributed by atoms with E-state index in [4.69, 9.17) is 0 Å². The number of hydrogen-bond donors (Lipinski definition) is 4. The van der Waals surface area contributed by atoms with Gasteiger partial charge in [-0.15, -0.1) is 10.6 Å². The SMILES string of the molecule is Cc1cnccc1C(=O)Nc1ccc(-c2cc(C3=NNNN3)ccc2C)cc1. The lowest BCUT2D eigenvalue weighted by Crippen LogP contribution is -2.35. The number of rotatable bonds is 4. The van der Waals surface area contributed by atoms with Crippen molar-refractivity contribution in [2.75, 3.05) is 5.32 Å². The second kappa shape index (κ2) is 7.50. The molecule has 0 aliphatic carbocycles. The first kappa shape index (κ1) is 17.7. The third-order valence-electron chi connectivity index (χ3n) is 4.63. The minimum absolute atomic E-state index is 0.142. The average molecular weight is 372 g/mol. The maximum Gasteiger partial charge on any atom is 0.256 e. The molecule has 1 aliphatic heterocycles. The van der Waals surface area contributed by atoms with Crippen LogP contribution in [0.25, 0.3) is 11.1 Å². The minimum Gasteiger partial charge on any atom is -0.322 e. The van der Waals surface area contributed by atoms with Crippen molar-refractivity contribution in [3.8, 4) is 11.1 Å². The van der Waals surface area contributed by atoms with E-state index in [0.29, 0.717) is 5.56 Å². The van der Waals surface area contributed by atoms with Crippen molar-refractivity contribution in [3.05, 3.63) is 83.2 Å². The summed E-state index contributed by atoms with van der Waals surface area (Å²) in [6, 6.07) is 15.7. The van der Waals surface area contributed by atoms with E-state index in [1.165, 1.54) is 0 Å². The van der Waals surface area contributed by atoms with E-state index in [1.807, 2.05) is 37.3 Å². The first-order chi connectivity index (χ1) is 13.6. The summed E-state index contributed by atoms with van der Waals surface area (Å²) < 4.78 is 0. The van der Waals surface area contributed by atoms with Gasteiger partial charge in [-0.05, 0) is 60.4 Å². The van der Waals surface area contributed by atoms with Crippen molar-refractivity contribution in [3.63, 3.8) is 0 Å². The second-order valence-corrected chi connectivity index (χ2v) is 6.57. The van der Waals surface area contributed by atoms with Crippen LogP contribution >= 0.6 is 0 Å². The molecule has 3 aromatic rings. The van der Waals surface area contributed by atoms with E-state index in [0.717, 1.165) is 39.3 Å². The first-order valence-electron chi connectivity index (χ1n) is 8.89. The summed E-state index contributed by atoms with van der Waals surface area (Å²) in [5.74, 6) is 0.592. The number of carbonyl (C=O) groups excluding carboxylic acids is 1. The third kappa shape index (κ3) is 3.56. The summed E-state index contributed by atoms with van der Waals surface area (Å²) in [7, 11) is 0. The lowest BCUT2D eigenvalue weighted by atomic mass is 9.97. The fraction of sp³-hybridized carbons (Fsp3) is 0.0952. The molecule has 4 N–H and O–H groups in total. The normalized spacial score (nSPS) is 12.7. The van der Waals surface area contributed by atoms with Gasteiger partial charge in [-0.25, -0.2) is 5.53 Å². The van der Waals surface area contributed by atoms with E-state index in [9.17, 15) is 4.79 Å². The monoisotopic (exact) mass is 372 g/mol. The molecular weight excluding hydrogens is 352 g/mol. The van der Waals surface area contributed by atoms with Gasteiger partial charge in [0.25, 0.3) is 5.91 Å². The molecule has 0 unspecified atom stereocenters. The molecule has 7 nitrogen and oxygen atoms in total. The number of anilines is 1. The third-order valence-corrected chi connectivity index (χ3v) is 4.63. The zero-order valence-electron chi connectivity index (χ0n) is 15.6. The summed E-state index contributed by atoms with van der Waals surface area (Å²) in [6.07, 6.45) is 3.30. The van der Waals surface area contributed by atoms with Gasteiger partial charge in [-0.1, -0.05) is 24.3 Å². The largest absolute Gasteiger partial charge is 0.322 e. The number of benzene rings is 2. The fourth-order valence-corrected chi connectivity index (χ4v) is 3.08. The second-order valence-electron chi connectivity index (χ2n) is 6.57. The van der Waals surface area contributed by atoms with Crippen LogP contribution in [0.15, 0.2) is 66.0 Å². The number of hydrazine groups is 2. The lowest BCUT2D eigenvalue weighted by Gasteiger charge is -2.11. The molecule has 2 heterocycles. The summed E-state index contributed by atoms with van der Waals surface area (Å²) in [5, 5.41) is 7.08. The van der Waals surface area contributed by atoms with Gasteiger partial charge in [-0.3, -0.25) is 15.2 Å². The van der Waals surface area contributed by atoms with Crippen LogP contribution in [0.2, 0.25) is 0 Å². The number of carbonyl (C=O) groups is 1. The number of pyridine rings is 1. The number of aryl methyl sites for hydroxylation is 2. The molecule has 0 bridgehead atoms. The van der Waals surface area contributed by atoms with E-state index < -0.39 is 0 Å². The zero-order chi connectivity index (χ0) is 19.5. The van der Waals surface area contributed by atoms with Gasteiger partial charge in [-0.2, -0.15) is 0 Å². The van der Waals surface area contributed by atoms with Crippen LogP contribution < -0.4 is 21.8 Å². The summed E-state index contributed by atoms with van der Waals surface area (Å²) in [6.45, 7) is 3.94. The van der Waals surface area contributed by atoms with Gasteiger partial charge in [0.05, 0.1) is 0 Å². The van der Waals surface area contributed by atoms with Crippen molar-refractivity contribution < 1.29 is 4.79 Å². The molecule has 0 spiro atoms. The van der Waals surface area contributed by atoms with E-state index in [2.05, 4.69) is 51.0 Å². The highest BCUT2D eigenvalue weighted by atomic mass is 16.1. The van der Waals surface area contributed by atoms with Gasteiger partial charge in [0.2, 0.25) is 0 Å². The predicted octanol–water partition coefficient (Wildman–Crippen LogP) is 2.89. The Hall–Kier alpha value is -3.71. The molecule has 0 atom stereocenters. The van der Waals surface area contributed by atoms with Gasteiger partial charge in [0.1, 0.15) is 0 Å². The smallest absolute Gasteiger partial charge is 0.256 e. The number of amides is 1. The molecular formula is C21H20N6O. The molecule has 140 valence electrons. The molecule has 0 saturated carbocycles. The number of hydrazone groups is 1. The molecule has 1 aromatic heterocycles. The lowest BCUT2D eigenvalue weighted by molar-refractivity contribution is 0.102. The molecule has 0 fully saturated rings. The van der Waals surface area contributed by atoms with E-state index in [-0.39, 0.29) is 5.91 Å². The molecule has 2 aromatic carbocycles. The van der Waals surface area contributed by atoms with Crippen LogP contribution in [0.1, 0.15) is 27.0 Å². The Morgan fingerprint density at radius 2 is 1.75 bits per heavy atom. The van der Waals surface area contributed by atoms with Crippen LogP contribution in [0, 0.1) is 13.8 Å². The van der Waals surface area contributed by atoms with Crippen molar-refractivity contribution in [1.82, 2.24) is 21.5 Å². The highest BCUT2D eigenvalue weighted by molar-refractivity contribution is 6.05. The van der Waals surface area contributed by atoms with Crippen LogP contribution in [0.3, 0.4) is 0 Å². The number of nitrogens with one attached hydrogen (secondary N) is 4. The molecule has 7 heteroatoms. The number of amidine groups is 1. The average Bonchev–Trinajstić information content (AvgIpc) is 3.24. The van der Waals surface area contributed by atoms with Gasteiger partial charge in [0.15, 0.2) is 5.84 Å². The highest BCUT2D eigenvalue weighted by Gasteiger charge is 2.12. The molecule has 0 radical (unpaired) electrons. The minimum atomic E-state index is -0.142. The van der Waals surface area contributed by atoms with E-state index in [1.54, 1.807) is 18.5 Å². The first-order valence-corrected chi connectivity index (χ1v) is 8.89. The van der Waals surface area contributed by atoms with Crippen molar-refractivity contribution >= 4 is 17.4 Å². The quantitative estimate of drug-likeness (QED) is 0.565. The number of hydrogen-bond acceptors (Lipinski definition) is 6. The van der Waals surface area contributed by atoms with Crippen LogP contribution in [0.4, 0.5) is 5.69 Å². The highest BCUT2D eigenvalue weighted by Crippen LogP contribution is 2.26. The Morgan fingerprint density at radius 1 is 0.964 bits per heavy atom. The number of aromatic nitrogens is 1.